The van der Waals surface area contributed by atoms with Gasteiger partial charge in [-0.15, -0.1) is 0 Å². The lowest BCUT2D eigenvalue weighted by Crippen LogP contribution is -2.41. The van der Waals surface area contributed by atoms with Crippen LogP contribution in [0.4, 0.5) is 5.95 Å². The van der Waals surface area contributed by atoms with Crippen LogP contribution in [0.3, 0.4) is 0 Å². The molecule has 2 aromatic rings. The lowest BCUT2D eigenvalue weighted by molar-refractivity contribution is 0.224. The van der Waals surface area contributed by atoms with E-state index in [0.29, 0.717) is 6.04 Å². The summed E-state index contributed by atoms with van der Waals surface area (Å²) in [5.41, 5.74) is 7.70. The molecule has 19 heavy (non-hydrogen) atoms. The van der Waals surface area contributed by atoms with Gasteiger partial charge in [-0.1, -0.05) is 12.1 Å². The molecule has 2 heterocycles. The number of H-pyrrole nitrogens is 1. The molecule has 1 aliphatic rings. The number of nitrogens with one attached hydrogen (secondary N) is 2. The number of aromatic amines is 1. The Morgan fingerprint density at radius 3 is 2.84 bits per heavy atom. The van der Waals surface area contributed by atoms with E-state index in [1.807, 2.05) is 18.2 Å². The van der Waals surface area contributed by atoms with Crippen LogP contribution in [0.25, 0.3) is 11.0 Å². The van der Waals surface area contributed by atoms with Gasteiger partial charge in [-0.05, 0) is 25.0 Å². The Labute approximate surface area is 113 Å². The first-order valence-corrected chi connectivity index (χ1v) is 6.99. The van der Waals surface area contributed by atoms with Crippen LogP contribution < -0.4 is 11.1 Å². The number of nitrogens with zero attached hydrogens (tertiary/aromatic N) is 2. The second-order valence-electron chi connectivity index (χ2n) is 5.15. The van der Waals surface area contributed by atoms with Gasteiger partial charge in [-0.25, -0.2) is 4.98 Å². The van der Waals surface area contributed by atoms with Gasteiger partial charge >= 0.3 is 0 Å². The molecule has 0 radical (unpaired) electrons. The largest absolute Gasteiger partial charge is 0.353 e. The van der Waals surface area contributed by atoms with Crippen LogP contribution in [0, 0.1) is 0 Å². The molecule has 0 spiro atoms. The molecule has 1 aromatic heterocycles. The highest BCUT2D eigenvalue weighted by Gasteiger charge is 2.19. The Kier molecular flexibility index (Phi) is 3.66. The van der Waals surface area contributed by atoms with Gasteiger partial charge in [0.2, 0.25) is 5.95 Å². The van der Waals surface area contributed by atoms with E-state index in [1.165, 1.54) is 0 Å². The van der Waals surface area contributed by atoms with E-state index >= 15 is 0 Å². The predicted molar refractivity (Wildman–Crippen MR) is 78.2 cm³/mol. The van der Waals surface area contributed by atoms with Crippen LogP contribution >= 0.6 is 0 Å². The lowest BCUT2D eigenvalue weighted by Gasteiger charge is -2.31. The summed E-state index contributed by atoms with van der Waals surface area (Å²) in [6.45, 7) is 4.00. The van der Waals surface area contributed by atoms with Crippen LogP contribution in [0.5, 0.6) is 0 Å². The summed E-state index contributed by atoms with van der Waals surface area (Å²) in [5, 5.41) is 3.51. The number of hydrogen-bond donors (Lipinski definition) is 3. The first-order chi connectivity index (χ1) is 9.35. The Morgan fingerprint density at radius 2 is 2.11 bits per heavy atom. The zero-order valence-corrected chi connectivity index (χ0v) is 11.1. The van der Waals surface area contributed by atoms with Gasteiger partial charge in [0.25, 0.3) is 0 Å². The Morgan fingerprint density at radius 1 is 1.32 bits per heavy atom. The maximum Gasteiger partial charge on any atom is 0.201 e. The second-order valence-corrected chi connectivity index (χ2v) is 5.15. The number of aromatic nitrogens is 2. The minimum Gasteiger partial charge on any atom is -0.353 e. The molecule has 0 saturated carbocycles. The van der Waals surface area contributed by atoms with Crippen molar-refractivity contribution in [3.63, 3.8) is 0 Å². The molecular weight excluding hydrogens is 238 g/mol. The van der Waals surface area contributed by atoms with Crippen LogP contribution in [-0.4, -0.2) is 47.1 Å². The number of nitrogens with two attached hydrogens (primary N) is 1. The quantitative estimate of drug-likeness (QED) is 0.776. The molecule has 1 aromatic carbocycles. The molecule has 0 atom stereocenters. The smallest absolute Gasteiger partial charge is 0.201 e. The van der Waals surface area contributed by atoms with Crippen LogP contribution in [0.1, 0.15) is 12.8 Å². The zero-order chi connectivity index (χ0) is 13.1. The van der Waals surface area contributed by atoms with Gasteiger partial charge in [0.15, 0.2) is 0 Å². The molecule has 4 N–H and O–H groups in total. The minimum absolute atomic E-state index is 0.509. The van der Waals surface area contributed by atoms with E-state index in [2.05, 4.69) is 26.3 Å². The number of rotatable bonds is 4. The summed E-state index contributed by atoms with van der Waals surface area (Å²) in [6.07, 6.45) is 2.30. The van der Waals surface area contributed by atoms with Gasteiger partial charge in [-0.3, -0.25) is 0 Å². The first kappa shape index (κ1) is 12.4. The Bertz CT molecular complexity index is 494. The van der Waals surface area contributed by atoms with Gasteiger partial charge in [-0.2, -0.15) is 0 Å². The van der Waals surface area contributed by atoms with Crippen molar-refractivity contribution in [2.24, 2.45) is 5.73 Å². The molecule has 102 valence electrons. The number of benzene rings is 1. The maximum absolute atomic E-state index is 5.59. The van der Waals surface area contributed by atoms with E-state index in [0.717, 1.165) is 56.0 Å². The maximum atomic E-state index is 5.59. The highest BCUT2D eigenvalue weighted by molar-refractivity contribution is 5.77. The third-order valence-corrected chi connectivity index (χ3v) is 3.76. The highest BCUT2D eigenvalue weighted by atomic mass is 15.2. The number of para-hydroxylation sites is 2. The van der Waals surface area contributed by atoms with E-state index in [-0.39, 0.29) is 0 Å². The fourth-order valence-electron chi connectivity index (χ4n) is 2.70. The van der Waals surface area contributed by atoms with E-state index in [9.17, 15) is 0 Å². The van der Waals surface area contributed by atoms with Gasteiger partial charge in [0.05, 0.1) is 11.0 Å². The van der Waals surface area contributed by atoms with Crippen LogP contribution in [0.2, 0.25) is 0 Å². The van der Waals surface area contributed by atoms with Crippen molar-refractivity contribution >= 4 is 17.0 Å². The van der Waals surface area contributed by atoms with E-state index < -0.39 is 0 Å². The molecule has 1 aliphatic heterocycles. The number of anilines is 1. The molecule has 0 bridgehead atoms. The molecule has 1 fully saturated rings. The third kappa shape index (κ3) is 2.88. The summed E-state index contributed by atoms with van der Waals surface area (Å²) < 4.78 is 0. The summed E-state index contributed by atoms with van der Waals surface area (Å²) in [5.74, 6) is 0.887. The molecule has 0 amide bonds. The number of fused-ring (bicyclic) bond motifs is 1. The molecule has 0 aliphatic carbocycles. The fourth-order valence-corrected chi connectivity index (χ4v) is 2.70. The third-order valence-electron chi connectivity index (χ3n) is 3.76. The van der Waals surface area contributed by atoms with Gasteiger partial charge in [0, 0.05) is 32.2 Å². The molecule has 5 heteroatoms. The van der Waals surface area contributed by atoms with Crippen LogP contribution in [0.15, 0.2) is 24.3 Å². The van der Waals surface area contributed by atoms with Gasteiger partial charge in [0.1, 0.15) is 0 Å². The zero-order valence-electron chi connectivity index (χ0n) is 11.1. The van der Waals surface area contributed by atoms with Crippen molar-refractivity contribution in [2.75, 3.05) is 31.5 Å². The fraction of sp³-hybridized carbons (Fsp3) is 0.500. The topological polar surface area (TPSA) is 70.0 Å². The standard InChI is InChI=1S/C14H21N5/c15-7-10-19-8-5-11(6-9-19)16-14-17-12-3-1-2-4-13(12)18-14/h1-4,11H,5-10,15H2,(H2,16,17,18). The van der Waals surface area contributed by atoms with Crippen molar-refractivity contribution in [3.05, 3.63) is 24.3 Å². The predicted octanol–water partition coefficient (Wildman–Crippen LogP) is 1.40. The summed E-state index contributed by atoms with van der Waals surface area (Å²) in [4.78, 5) is 10.3. The molecule has 0 unspecified atom stereocenters. The van der Waals surface area contributed by atoms with Gasteiger partial charge < -0.3 is 20.9 Å². The SMILES string of the molecule is NCCN1CCC(Nc2nc3ccccc3[nH]2)CC1. The summed E-state index contributed by atoms with van der Waals surface area (Å²) in [7, 11) is 0. The molecule has 1 saturated heterocycles. The molecular formula is C14H21N5. The normalized spacial score (nSPS) is 17.9. The number of imidazole rings is 1. The average Bonchev–Trinajstić information content (AvgIpc) is 2.83. The first-order valence-electron chi connectivity index (χ1n) is 6.99. The monoisotopic (exact) mass is 259 g/mol. The summed E-state index contributed by atoms with van der Waals surface area (Å²) >= 11 is 0. The van der Waals surface area contributed by atoms with Crippen molar-refractivity contribution < 1.29 is 0 Å². The Balaban J connectivity index is 1.60. The average molecular weight is 259 g/mol. The van der Waals surface area contributed by atoms with Crippen molar-refractivity contribution in [1.82, 2.24) is 14.9 Å². The number of piperidine rings is 1. The number of hydrogen-bond acceptors (Lipinski definition) is 4. The number of likely N-dealkylation sites (tertiary alicyclic amines) is 1. The Hall–Kier alpha value is -1.59. The lowest BCUT2D eigenvalue weighted by atomic mass is 10.1. The van der Waals surface area contributed by atoms with Crippen molar-refractivity contribution in [1.29, 1.82) is 0 Å². The van der Waals surface area contributed by atoms with E-state index in [1.54, 1.807) is 0 Å². The highest BCUT2D eigenvalue weighted by Crippen LogP contribution is 2.17. The van der Waals surface area contributed by atoms with Crippen molar-refractivity contribution in [3.8, 4) is 0 Å². The minimum atomic E-state index is 0.509. The molecule has 3 rings (SSSR count). The van der Waals surface area contributed by atoms with E-state index in [4.69, 9.17) is 5.73 Å². The second kappa shape index (κ2) is 5.59. The summed E-state index contributed by atoms with van der Waals surface area (Å²) in [6, 6.07) is 8.63. The molecule has 5 nitrogen and oxygen atoms in total. The van der Waals surface area contributed by atoms with Crippen LogP contribution in [-0.2, 0) is 0 Å². The van der Waals surface area contributed by atoms with Crippen molar-refractivity contribution in [2.45, 2.75) is 18.9 Å².